The van der Waals surface area contributed by atoms with E-state index in [1.165, 1.54) is 42.6 Å². The molecule has 1 amide bonds. The topological polar surface area (TPSA) is 59.8 Å². The molecule has 1 aliphatic carbocycles. The number of hydrogen-bond donors (Lipinski definition) is 1. The first-order chi connectivity index (χ1) is 12.6. The third-order valence-electron chi connectivity index (χ3n) is 4.41. The molecule has 138 valence electrons. The summed E-state index contributed by atoms with van der Waals surface area (Å²) in [6.45, 7) is 2.47. The van der Waals surface area contributed by atoms with Crippen molar-refractivity contribution < 1.29 is 9.18 Å². The molecule has 7 heteroatoms. The van der Waals surface area contributed by atoms with Crippen molar-refractivity contribution in [2.75, 3.05) is 6.54 Å². The van der Waals surface area contributed by atoms with Crippen LogP contribution < -0.4 is 5.32 Å². The average molecular weight is 374 g/mol. The molecule has 0 fully saturated rings. The van der Waals surface area contributed by atoms with Crippen LogP contribution in [0.3, 0.4) is 0 Å². The number of hydrogen-bond acceptors (Lipinski definition) is 4. The normalized spacial score (nSPS) is 15.4. The van der Waals surface area contributed by atoms with E-state index in [4.69, 9.17) is 0 Å². The summed E-state index contributed by atoms with van der Waals surface area (Å²) in [6.07, 6.45) is 9.48. The lowest BCUT2D eigenvalue weighted by Crippen LogP contribution is -2.32. The van der Waals surface area contributed by atoms with Crippen molar-refractivity contribution in [1.29, 1.82) is 0 Å². The van der Waals surface area contributed by atoms with E-state index < -0.39 is 0 Å². The molecule has 0 aliphatic heterocycles. The second-order valence-electron chi connectivity index (χ2n) is 6.34. The molecule has 1 N–H and O–H groups in total. The van der Waals surface area contributed by atoms with Crippen LogP contribution in [0.15, 0.2) is 47.4 Å². The number of rotatable bonds is 7. The number of aromatic nitrogens is 3. The van der Waals surface area contributed by atoms with Gasteiger partial charge in [0.2, 0.25) is 5.91 Å². The summed E-state index contributed by atoms with van der Waals surface area (Å²) >= 11 is 1.27. The van der Waals surface area contributed by atoms with E-state index in [1.54, 1.807) is 22.8 Å². The summed E-state index contributed by atoms with van der Waals surface area (Å²) in [5, 5.41) is 11.0. The van der Waals surface area contributed by atoms with Crippen molar-refractivity contribution in [3.8, 4) is 5.69 Å². The van der Waals surface area contributed by atoms with Crippen molar-refractivity contribution in [2.45, 2.75) is 49.4 Å². The zero-order valence-electron chi connectivity index (χ0n) is 14.8. The molecular formula is C19H23FN4OS. The van der Waals surface area contributed by atoms with Crippen LogP contribution in [-0.4, -0.2) is 32.5 Å². The van der Waals surface area contributed by atoms with E-state index in [0.29, 0.717) is 17.4 Å². The van der Waals surface area contributed by atoms with Gasteiger partial charge >= 0.3 is 0 Å². The lowest BCUT2D eigenvalue weighted by Gasteiger charge is -2.15. The fourth-order valence-electron chi connectivity index (χ4n) is 2.95. The minimum absolute atomic E-state index is 0.0468. The van der Waals surface area contributed by atoms with Gasteiger partial charge in [-0.05, 0) is 51.2 Å². The Morgan fingerprint density at radius 2 is 2.23 bits per heavy atom. The van der Waals surface area contributed by atoms with Crippen LogP contribution in [0.2, 0.25) is 0 Å². The Bertz CT molecular complexity index is 789. The molecule has 1 aliphatic rings. The van der Waals surface area contributed by atoms with Gasteiger partial charge in [-0.25, -0.2) is 4.39 Å². The summed E-state index contributed by atoms with van der Waals surface area (Å²) in [4.78, 5) is 12.3. The summed E-state index contributed by atoms with van der Waals surface area (Å²) in [6, 6.07) is 6.43. The minimum Gasteiger partial charge on any atom is -0.355 e. The number of nitrogens with one attached hydrogen (secondary N) is 1. The molecule has 0 unspecified atom stereocenters. The monoisotopic (exact) mass is 374 g/mol. The second-order valence-corrected chi connectivity index (χ2v) is 7.65. The summed E-state index contributed by atoms with van der Waals surface area (Å²) in [7, 11) is 0. The number of nitrogens with zero attached hydrogens (tertiary/aromatic N) is 3. The number of benzene rings is 1. The van der Waals surface area contributed by atoms with Crippen molar-refractivity contribution in [1.82, 2.24) is 20.1 Å². The van der Waals surface area contributed by atoms with Gasteiger partial charge in [0, 0.05) is 6.54 Å². The molecule has 2 aromatic rings. The summed E-state index contributed by atoms with van der Waals surface area (Å²) < 4.78 is 15.6. The van der Waals surface area contributed by atoms with Crippen molar-refractivity contribution in [2.24, 2.45) is 0 Å². The number of amides is 1. The largest absolute Gasteiger partial charge is 0.355 e. The maximum absolute atomic E-state index is 14.0. The van der Waals surface area contributed by atoms with Crippen LogP contribution in [0.1, 0.15) is 39.0 Å². The first-order valence-corrected chi connectivity index (χ1v) is 9.80. The van der Waals surface area contributed by atoms with E-state index >= 15 is 0 Å². The van der Waals surface area contributed by atoms with Crippen molar-refractivity contribution in [3.63, 3.8) is 0 Å². The zero-order chi connectivity index (χ0) is 18.4. The van der Waals surface area contributed by atoms with Gasteiger partial charge in [0.05, 0.1) is 10.9 Å². The quantitative estimate of drug-likeness (QED) is 0.590. The third kappa shape index (κ3) is 4.72. The van der Waals surface area contributed by atoms with Gasteiger partial charge in [0.1, 0.15) is 12.1 Å². The Kier molecular flexibility index (Phi) is 6.44. The number of carbonyl (C=O) groups is 1. The molecule has 1 heterocycles. The molecule has 0 saturated heterocycles. The first-order valence-electron chi connectivity index (χ1n) is 8.92. The predicted octanol–water partition coefficient (Wildman–Crippen LogP) is 3.89. The van der Waals surface area contributed by atoms with Crippen LogP contribution in [-0.2, 0) is 4.79 Å². The highest BCUT2D eigenvalue weighted by Crippen LogP contribution is 2.25. The van der Waals surface area contributed by atoms with Crippen LogP contribution in [0.5, 0.6) is 0 Å². The molecule has 0 saturated carbocycles. The second kappa shape index (κ2) is 8.98. The van der Waals surface area contributed by atoms with Crippen molar-refractivity contribution >= 4 is 17.7 Å². The SMILES string of the molecule is C[C@H](Sc1nncn1-c1ccccc1F)C(=O)NCCC1=CCCCC1. The predicted molar refractivity (Wildman–Crippen MR) is 101 cm³/mol. The summed E-state index contributed by atoms with van der Waals surface area (Å²) in [5.74, 6) is -0.401. The van der Waals surface area contributed by atoms with E-state index in [9.17, 15) is 9.18 Å². The number of allylic oxidation sites excluding steroid dienone is 1. The first kappa shape index (κ1) is 18.6. The lowest BCUT2D eigenvalue weighted by atomic mass is 9.97. The third-order valence-corrected chi connectivity index (χ3v) is 5.47. The van der Waals surface area contributed by atoms with Gasteiger partial charge in [-0.3, -0.25) is 9.36 Å². The zero-order valence-corrected chi connectivity index (χ0v) is 15.6. The molecule has 5 nitrogen and oxygen atoms in total. The highest BCUT2D eigenvalue weighted by Gasteiger charge is 2.19. The van der Waals surface area contributed by atoms with Crippen LogP contribution in [0.4, 0.5) is 4.39 Å². The van der Waals surface area contributed by atoms with E-state index in [0.717, 1.165) is 19.3 Å². The van der Waals surface area contributed by atoms with Gasteiger partial charge in [0.25, 0.3) is 0 Å². The van der Waals surface area contributed by atoms with Gasteiger partial charge in [-0.1, -0.05) is 35.5 Å². The Hall–Kier alpha value is -2.15. The maximum Gasteiger partial charge on any atom is 0.233 e. The molecule has 1 aromatic heterocycles. The van der Waals surface area contributed by atoms with Crippen molar-refractivity contribution in [3.05, 3.63) is 48.1 Å². The molecule has 0 bridgehead atoms. The fourth-order valence-corrected chi connectivity index (χ4v) is 3.81. The minimum atomic E-state index is -0.355. The lowest BCUT2D eigenvalue weighted by molar-refractivity contribution is -0.120. The van der Waals surface area contributed by atoms with Gasteiger partial charge < -0.3 is 5.32 Å². The Morgan fingerprint density at radius 3 is 3.00 bits per heavy atom. The Labute approximate surface area is 157 Å². The highest BCUT2D eigenvalue weighted by molar-refractivity contribution is 8.00. The number of carbonyl (C=O) groups excluding carboxylic acids is 1. The Balaban J connectivity index is 1.56. The molecule has 1 aromatic carbocycles. The number of halogens is 1. The van der Waals surface area contributed by atoms with Crippen LogP contribution in [0, 0.1) is 5.82 Å². The Morgan fingerprint density at radius 1 is 1.38 bits per heavy atom. The van der Waals surface area contributed by atoms with Crippen LogP contribution >= 0.6 is 11.8 Å². The van der Waals surface area contributed by atoms with E-state index in [-0.39, 0.29) is 17.0 Å². The molecule has 26 heavy (non-hydrogen) atoms. The summed E-state index contributed by atoms with van der Waals surface area (Å²) in [5.41, 5.74) is 1.81. The van der Waals surface area contributed by atoms with E-state index in [2.05, 4.69) is 21.6 Å². The smallest absolute Gasteiger partial charge is 0.233 e. The molecule has 0 spiro atoms. The highest BCUT2D eigenvalue weighted by atomic mass is 32.2. The fraction of sp³-hybridized carbons (Fsp3) is 0.421. The van der Waals surface area contributed by atoms with Gasteiger partial charge in [-0.15, -0.1) is 10.2 Å². The van der Waals surface area contributed by atoms with Gasteiger partial charge in [-0.2, -0.15) is 0 Å². The van der Waals surface area contributed by atoms with Crippen LogP contribution in [0.25, 0.3) is 5.69 Å². The standard InChI is InChI=1S/C19H23FN4OS/c1-14(18(25)21-12-11-15-7-3-2-4-8-15)26-19-23-22-13-24(19)17-10-6-5-9-16(17)20/h5-7,9-10,13-14H,2-4,8,11-12H2,1H3,(H,21,25)/t14-/m0/s1. The average Bonchev–Trinajstić information content (AvgIpc) is 3.10. The molecule has 3 rings (SSSR count). The molecular weight excluding hydrogens is 351 g/mol. The molecule has 0 radical (unpaired) electrons. The molecule has 1 atom stereocenters. The van der Waals surface area contributed by atoms with E-state index in [1.807, 2.05) is 6.92 Å². The number of thioether (sulfide) groups is 1. The maximum atomic E-state index is 14.0. The number of para-hydroxylation sites is 1. The van der Waals surface area contributed by atoms with Gasteiger partial charge in [0.15, 0.2) is 5.16 Å².